The van der Waals surface area contributed by atoms with Crippen LogP contribution in [0.1, 0.15) is 25.7 Å². The minimum Gasteiger partial charge on any atom is -0.198 e. The highest BCUT2D eigenvalue weighted by atomic mass is 32.2. The number of hydrogen-bond acceptors (Lipinski definition) is 2. The molecule has 1 aliphatic heterocycles. The van der Waals surface area contributed by atoms with Gasteiger partial charge in [-0.1, -0.05) is 0 Å². The first-order valence-corrected chi connectivity index (χ1v) is 6.22. The van der Waals surface area contributed by atoms with Crippen LogP contribution in [0.2, 0.25) is 0 Å². The van der Waals surface area contributed by atoms with Crippen LogP contribution in [0.15, 0.2) is 0 Å². The second kappa shape index (κ2) is 5.64. The van der Waals surface area contributed by atoms with E-state index in [0.29, 0.717) is 12.3 Å². The van der Waals surface area contributed by atoms with Gasteiger partial charge in [0, 0.05) is 12.3 Å². The Bertz CT molecular complexity index is 228. The summed E-state index contributed by atoms with van der Waals surface area (Å²) in [5.74, 6) is 2.11. The summed E-state index contributed by atoms with van der Waals surface area (Å²) in [7, 11) is 0. The number of hydrogen-bond donors (Lipinski definition) is 0. The van der Waals surface area contributed by atoms with Crippen LogP contribution in [0, 0.1) is 23.2 Å². The smallest absolute Gasteiger partial charge is 0.198 e. The molecule has 86 valence electrons. The van der Waals surface area contributed by atoms with E-state index in [-0.39, 0.29) is 12.3 Å². The van der Waals surface area contributed by atoms with Gasteiger partial charge in [-0.25, -0.2) is 0 Å². The Hall–Kier alpha value is -0.370. The van der Waals surface area contributed by atoms with Crippen molar-refractivity contribution >= 4 is 11.8 Å². The maximum atomic E-state index is 11.9. The molecule has 0 aromatic rings. The largest absolute Gasteiger partial charge is 0.389 e. The molecule has 0 spiro atoms. The topological polar surface area (TPSA) is 23.8 Å². The number of nitriles is 1. The van der Waals surface area contributed by atoms with Gasteiger partial charge in [0.25, 0.3) is 0 Å². The third-order valence-corrected chi connectivity index (χ3v) is 3.86. The van der Waals surface area contributed by atoms with Crippen molar-refractivity contribution in [1.82, 2.24) is 0 Å². The molecule has 2 atom stereocenters. The van der Waals surface area contributed by atoms with Gasteiger partial charge >= 0.3 is 6.18 Å². The van der Waals surface area contributed by atoms with Gasteiger partial charge in [-0.2, -0.15) is 30.2 Å². The number of rotatable bonds is 4. The number of alkyl halides is 3. The van der Waals surface area contributed by atoms with E-state index in [9.17, 15) is 13.2 Å². The number of thioether (sulfide) groups is 1. The molecule has 0 radical (unpaired) electrons. The molecule has 2 unspecified atom stereocenters. The monoisotopic (exact) mass is 237 g/mol. The molecule has 0 N–H and O–H groups in total. The van der Waals surface area contributed by atoms with E-state index in [0.717, 1.165) is 17.9 Å². The predicted octanol–water partition coefficient (Wildman–Crippen LogP) is 3.61. The zero-order valence-electron chi connectivity index (χ0n) is 8.39. The first kappa shape index (κ1) is 12.7. The molecule has 5 heteroatoms. The van der Waals surface area contributed by atoms with E-state index in [1.165, 1.54) is 0 Å². The Labute approximate surface area is 92.0 Å². The average molecular weight is 237 g/mol. The third-order valence-electron chi connectivity index (χ3n) is 2.68. The lowest BCUT2D eigenvalue weighted by Crippen LogP contribution is -2.14. The highest BCUT2D eigenvalue weighted by Crippen LogP contribution is 2.33. The lowest BCUT2D eigenvalue weighted by molar-refractivity contribution is -0.136. The molecule has 1 saturated heterocycles. The van der Waals surface area contributed by atoms with Gasteiger partial charge in [-0.05, 0) is 36.7 Å². The van der Waals surface area contributed by atoms with Crippen molar-refractivity contribution in [3.63, 3.8) is 0 Å². The van der Waals surface area contributed by atoms with Crippen LogP contribution >= 0.6 is 11.8 Å². The molecule has 1 heterocycles. The molecular formula is C10H14F3NS. The normalized spacial score (nSPS) is 23.7. The molecule has 1 rings (SSSR count). The average Bonchev–Trinajstić information content (AvgIpc) is 2.63. The summed E-state index contributed by atoms with van der Waals surface area (Å²) in [5.41, 5.74) is 0. The molecule has 0 bridgehead atoms. The minimum atomic E-state index is -4.08. The standard InChI is InChI=1S/C10H14F3NS/c11-10(12,13)4-1-2-8(6-14)9-3-5-15-7-9/h8-9H,1-5,7H2. The molecule has 1 aliphatic rings. The molecule has 15 heavy (non-hydrogen) atoms. The van der Waals surface area contributed by atoms with E-state index in [4.69, 9.17) is 5.26 Å². The molecule has 1 nitrogen and oxygen atoms in total. The first-order chi connectivity index (χ1) is 7.03. The van der Waals surface area contributed by atoms with Crippen molar-refractivity contribution in [3.05, 3.63) is 0 Å². The van der Waals surface area contributed by atoms with Crippen LogP contribution in [0.25, 0.3) is 0 Å². The van der Waals surface area contributed by atoms with Crippen LogP contribution in [0.5, 0.6) is 0 Å². The van der Waals surface area contributed by atoms with Crippen molar-refractivity contribution in [1.29, 1.82) is 5.26 Å². The van der Waals surface area contributed by atoms with Crippen molar-refractivity contribution < 1.29 is 13.2 Å². The Balaban J connectivity index is 2.26. The molecule has 0 amide bonds. The quantitative estimate of drug-likeness (QED) is 0.745. The van der Waals surface area contributed by atoms with Crippen LogP contribution in [-0.2, 0) is 0 Å². The zero-order valence-corrected chi connectivity index (χ0v) is 9.20. The fourth-order valence-corrected chi connectivity index (χ4v) is 3.14. The van der Waals surface area contributed by atoms with Crippen LogP contribution in [-0.4, -0.2) is 17.7 Å². The molecule has 1 fully saturated rings. The summed E-state index contributed by atoms with van der Waals surface area (Å²) in [6, 6.07) is 2.15. The Morgan fingerprint density at radius 2 is 2.20 bits per heavy atom. The molecule has 0 aromatic carbocycles. The Kier molecular flexibility index (Phi) is 4.78. The van der Waals surface area contributed by atoms with Gasteiger partial charge < -0.3 is 0 Å². The van der Waals surface area contributed by atoms with Crippen molar-refractivity contribution in [3.8, 4) is 6.07 Å². The first-order valence-electron chi connectivity index (χ1n) is 5.07. The lowest BCUT2D eigenvalue weighted by atomic mass is 9.89. The SMILES string of the molecule is N#CC(CCCC(F)(F)F)C1CCSC1. The zero-order chi connectivity index (χ0) is 11.3. The fourth-order valence-electron chi connectivity index (χ4n) is 1.80. The third kappa shape index (κ3) is 4.78. The van der Waals surface area contributed by atoms with E-state index < -0.39 is 12.6 Å². The molecule has 0 saturated carbocycles. The highest BCUT2D eigenvalue weighted by molar-refractivity contribution is 7.99. The lowest BCUT2D eigenvalue weighted by Gasteiger charge is -2.15. The highest BCUT2D eigenvalue weighted by Gasteiger charge is 2.29. The summed E-state index contributed by atoms with van der Waals surface area (Å²) < 4.78 is 35.7. The summed E-state index contributed by atoms with van der Waals surface area (Å²) in [6.07, 6.45) is -3.38. The summed E-state index contributed by atoms with van der Waals surface area (Å²) in [5, 5.41) is 8.88. The summed E-state index contributed by atoms with van der Waals surface area (Å²) in [6.45, 7) is 0. The van der Waals surface area contributed by atoms with Gasteiger partial charge in [-0.15, -0.1) is 0 Å². The van der Waals surface area contributed by atoms with Crippen LogP contribution in [0.4, 0.5) is 13.2 Å². The number of halogens is 3. The van der Waals surface area contributed by atoms with E-state index in [2.05, 4.69) is 6.07 Å². The predicted molar refractivity (Wildman–Crippen MR) is 54.4 cm³/mol. The van der Waals surface area contributed by atoms with Crippen molar-refractivity contribution in [2.75, 3.05) is 11.5 Å². The molecule has 0 aromatic heterocycles. The molecule has 0 aliphatic carbocycles. The van der Waals surface area contributed by atoms with Gasteiger partial charge in [0.05, 0.1) is 6.07 Å². The second-order valence-electron chi connectivity index (χ2n) is 3.87. The van der Waals surface area contributed by atoms with E-state index in [1.807, 2.05) is 0 Å². The van der Waals surface area contributed by atoms with Crippen LogP contribution < -0.4 is 0 Å². The maximum Gasteiger partial charge on any atom is 0.389 e. The Morgan fingerprint density at radius 3 is 2.67 bits per heavy atom. The maximum absolute atomic E-state index is 11.9. The van der Waals surface area contributed by atoms with Gasteiger partial charge in [0.2, 0.25) is 0 Å². The number of nitrogens with zero attached hydrogens (tertiary/aromatic N) is 1. The molecular weight excluding hydrogens is 223 g/mol. The van der Waals surface area contributed by atoms with E-state index >= 15 is 0 Å². The van der Waals surface area contributed by atoms with Gasteiger partial charge in [-0.3, -0.25) is 0 Å². The van der Waals surface area contributed by atoms with Gasteiger partial charge in [0.15, 0.2) is 0 Å². The summed E-state index contributed by atoms with van der Waals surface area (Å²) in [4.78, 5) is 0. The van der Waals surface area contributed by atoms with Crippen molar-refractivity contribution in [2.45, 2.75) is 31.9 Å². The van der Waals surface area contributed by atoms with Crippen molar-refractivity contribution in [2.24, 2.45) is 11.8 Å². The Morgan fingerprint density at radius 1 is 1.47 bits per heavy atom. The minimum absolute atomic E-state index is 0.0862. The fraction of sp³-hybridized carbons (Fsp3) is 0.900. The van der Waals surface area contributed by atoms with Gasteiger partial charge in [0.1, 0.15) is 0 Å². The summed E-state index contributed by atoms with van der Waals surface area (Å²) >= 11 is 1.79. The second-order valence-corrected chi connectivity index (χ2v) is 5.02. The van der Waals surface area contributed by atoms with E-state index in [1.54, 1.807) is 11.8 Å². The van der Waals surface area contributed by atoms with Crippen LogP contribution in [0.3, 0.4) is 0 Å².